The largest absolute Gasteiger partial charge is 0.497 e. The van der Waals surface area contributed by atoms with Crippen LogP contribution in [0.2, 0.25) is 0 Å². The number of rotatable bonds is 5. The van der Waals surface area contributed by atoms with Crippen LogP contribution in [0.3, 0.4) is 0 Å². The number of likely N-dealkylation sites (tertiary alicyclic amines) is 2. The molecule has 2 aromatic carbocycles. The molecule has 5 rings (SSSR count). The number of hydrogen-bond acceptors (Lipinski definition) is 4. The highest BCUT2D eigenvalue weighted by molar-refractivity contribution is 5.85. The van der Waals surface area contributed by atoms with Gasteiger partial charge in [-0.15, -0.1) is 0 Å². The summed E-state index contributed by atoms with van der Waals surface area (Å²) in [4.78, 5) is 18.3. The topological polar surface area (TPSA) is 44.8 Å². The van der Waals surface area contributed by atoms with Gasteiger partial charge < -0.3 is 15.0 Å². The summed E-state index contributed by atoms with van der Waals surface area (Å²) in [6.45, 7) is 4.34. The smallest absolute Gasteiger partial charge is 0.231 e. The zero-order valence-corrected chi connectivity index (χ0v) is 17.9. The summed E-state index contributed by atoms with van der Waals surface area (Å²) in [5, 5.41) is 3.36. The molecule has 0 radical (unpaired) electrons. The fourth-order valence-electron chi connectivity index (χ4n) is 5.86. The van der Waals surface area contributed by atoms with E-state index in [1.165, 1.54) is 11.1 Å². The predicted octanol–water partition coefficient (Wildman–Crippen LogP) is 2.59. The number of ether oxygens (including phenoxy) is 1. The molecule has 5 heteroatoms. The Labute approximate surface area is 179 Å². The van der Waals surface area contributed by atoms with Crippen LogP contribution >= 0.6 is 0 Å². The molecular weight excluding hydrogens is 374 g/mol. The van der Waals surface area contributed by atoms with E-state index < -0.39 is 0 Å². The van der Waals surface area contributed by atoms with Crippen molar-refractivity contribution < 1.29 is 9.53 Å². The molecule has 3 atom stereocenters. The maximum absolute atomic E-state index is 13.7. The molecule has 3 aliphatic heterocycles. The highest BCUT2D eigenvalue weighted by Crippen LogP contribution is 2.45. The van der Waals surface area contributed by atoms with Gasteiger partial charge >= 0.3 is 0 Å². The van der Waals surface area contributed by atoms with Crippen molar-refractivity contribution in [2.45, 2.75) is 12.5 Å². The fraction of sp³-hybridized carbons (Fsp3) is 0.480. The molecule has 30 heavy (non-hydrogen) atoms. The second kappa shape index (κ2) is 7.71. The number of nitrogens with one attached hydrogen (secondary N) is 1. The van der Waals surface area contributed by atoms with Crippen molar-refractivity contribution >= 4 is 5.91 Å². The van der Waals surface area contributed by atoms with E-state index in [-0.39, 0.29) is 5.41 Å². The molecule has 3 saturated heterocycles. The van der Waals surface area contributed by atoms with Gasteiger partial charge in [0, 0.05) is 44.7 Å². The third kappa shape index (κ3) is 3.30. The average molecular weight is 406 g/mol. The molecule has 0 spiro atoms. The quantitative estimate of drug-likeness (QED) is 0.831. The third-order valence-electron chi connectivity index (χ3n) is 7.38. The van der Waals surface area contributed by atoms with Gasteiger partial charge in [-0.05, 0) is 42.6 Å². The van der Waals surface area contributed by atoms with Gasteiger partial charge in [-0.2, -0.15) is 0 Å². The van der Waals surface area contributed by atoms with Crippen molar-refractivity contribution in [2.24, 2.45) is 17.3 Å². The van der Waals surface area contributed by atoms with Gasteiger partial charge in [0.2, 0.25) is 5.91 Å². The molecule has 1 amide bonds. The lowest BCUT2D eigenvalue weighted by molar-refractivity contribution is -0.144. The lowest BCUT2D eigenvalue weighted by Crippen LogP contribution is -2.63. The van der Waals surface area contributed by atoms with E-state index in [0.717, 1.165) is 44.9 Å². The standard InChI is InChI=1S/C25H31N3O2/c1-27-13-20-14-28(15-22(20)23(27)19-8-4-3-5-9-19)24(29)25(16-26-17-25)12-18-7-6-10-21(11-18)30-2/h3-11,20,22-23,26H,12-17H2,1-2H3/t20-,22+,23-/m0/s1. The summed E-state index contributed by atoms with van der Waals surface area (Å²) in [7, 11) is 3.91. The molecule has 1 N–H and O–H groups in total. The van der Waals surface area contributed by atoms with Crippen molar-refractivity contribution in [3.05, 3.63) is 65.7 Å². The van der Waals surface area contributed by atoms with Gasteiger partial charge in [-0.1, -0.05) is 42.5 Å². The number of hydrogen-bond donors (Lipinski definition) is 1. The number of benzene rings is 2. The maximum Gasteiger partial charge on any atom is 0.231 e. The Morgan fingerprint density at radius 1 is 1.10 bits per heavy atom. The number of carbonyl (C=O) groups is 1. The van der Waals surface area contributed by atoms with Crippen LogP contribution in [0.25, 0.3) is 0 Å². The second-order valence-electron chi connectivity index (χ2n) is 9.34. The number of amides is 1. The number of methoxy groups -OCH3 is 1. The van der Waals surface area contributed by atoms with Crippen molar-refractivity contribution in [3.8, 4) is 5.75 Å². The van der Waals surface area contributed by atoms with Gasteiger partial charge in [0.15, 0.2) is 0 Å². The summed E-state index contributed by atoms with van der Waals surface area (Å²) in [6, 6.07) is 19.3. The minimum absolute atomic E-state index is 0.320. The van der Waals surface area contributed by atoms with Gasteiger partial charge in [-0.3, -0.25) is 9.69 Å². The van der Waals surface area contributed by atoms with Crippen molar-refractivity contribution in [2.75, 3.05) is 46.9 Å². The summed E-state index contributed by atoms with van der Waals surface area (Å²) in [5.74, 6) is 2.26. The van der Waals surface area contributed by atoms with E-state index in [1.54, 1.807) is 7.11 Å². The lowest BCUT2D eigenvalue weighted by Gasteiger charge is -2.44. The zero-order valence-electron chi connectivity index (χ0n) is 17.9. The Bertz CT molecular complexity index is 912. The number of fused-ring (bicyclic) bond motifs is 1. The van der Waals surface area contributed by atoms with Gasteiger partial charge in [-0.25, -0.2) is 0 Å². The first-order chi connectivity index (χ1) is 14.6. The van der Waals surface area contributed by atoms with Crippen LogP contribution in [-0.2, 0) is 11.2 Å². The molecule has 0 aliphatic carbocycles. The summed E-state index contributed by atoms with van der Waals surface area (Å²) in [5.41, 5.74) is 2.22. The highest BCUT2D eigenvalue weighted by atomic mass is 16.5. The molecule has 3 aliphatic rings. The minimum atomic E-state index is -0.320. The Morgan fingerprint density at radius 2 is 1.90 bits per heavy atom. The van der Waals surface area contributed by atoms with Crippen LogP contribution in [0.4, 0.5) is 0 Å². The van der Waals surface area contributed by atoms with Gasteiger partial charge in [0.1, 0.15) is 5.75 Å². The molecule has 158 valence electrons. The van der Waals surface area contributed by atoms with Gasteiger partial charge in [0.25, 0.3) is 0 Å². The minimum Gasteiger partial charge on any atom is -0.497 e. The SMILES string of the molecule is COc1cccc(CC2(C(=O)N3C[C@@H]4CN(C)[C@@H](c5ccccc5)[C@@H]4C3)CNC2)c1. The summed E-state index contributed by atoms with van der Waals surface area (Å²) in [6.07, 6.45) is 0.768. The van der Waals surface area contributed by atoms with E-state index in [1.807, 2.05) is 12.1 Å². The first kappa shape index (κ1) is 19.6. The zero-order chi connectivity index (χ0) is 20.7. The number of carbonyl (C=O) groups excluding carboxylic acids is 1. The molecule has 5 nitrogen and oxygen atoms in total. The summed E-state index contributed by atoms with van der Waals surface area (Å²) < 4.78 is 5.38. The van der Waals surface area contributed by atoms with E-state index in [4.69, 9.17) is 4.74 Å². The van der Waals surface area contributed by atoms with Crippen LogP contribution in [0.15, 0.2) is 54.6 Å². The molecule has 0 saturated carbocycles. The van der Waals surface area contributed by atoms with Crippen molar-refractivity contribution in [1.82, 2.24) is 15.1 Å². The van der Waals surface area contributed by atoms with E-state index >= 15 is 0 Å². The normalized spacial score (nSPS) is 27.5. The molecule has 0 aromatic heterocycles. The molecule has 3 fully saturated rings. The Kier molecular flexibility index (Phi) is 5.03. The first-order valence-electron chi connectivity index (χ1n) is 11.0. The first-order valence-corrected chi connectivity index (χ1v) is 11.0. The summed E-state index contributed by atoms with van der Waals surface area (Å²) >= 11 is 0. The monoisotopic (exact) mass is 405 g/mol. The Balaban J connectivity index is 1.33. The maximum atomic E-state index is 13.7. The predicted molar refractivity (Wildman–Crippen MR) is 117 cm³/mol. The lowest BCUT2D eigenvalue weighted by atomic mass is 9.75. The van der Waals surface area contributed by atoms with Crippen molar-refractivity contribution in [3.63, 3.8) is 0 Å². The van der Waals surface area contributed by atoms with E-state index in [0.29, 0.717) is 23.8 Å². The van der Waals surface area contributed by atoms with Crippen LogP contribution in [0.1, 0.15) is 17.2 Å². The molecule has 2 aromatic rings. The van der Waals surface area contributed by atoms with Gasteiger partial charge in [0.05, 0.1) is 12.5 Å². The molecule has 0 unspecified atom stereocenters. The van der Waals surface area contributed by atoms with Crippen LogP contribution < -0.4 is 10.1 Å². The third-order valence-corrected chi connectivity index (χ3v) is 7.38. The Hall–Kier alpha value is -2.37. The van der Waals surface area contributed by atoms with Crippen LogP contribution in [0.5, 0.6) is 5.75 Å². The Morgan fingerprint density at radius 3 is 2.60 bits per heavy atom. The number of nitrogens with zero attached hydrogens (tertiary/aromatic N) is 2. The van der Waals surface area contributed by atoms with Crippen molar-refractivity contribution in [1.29, 1.82) is 0 Å². The average Bonchev–Trinajstić information content (AvgIpc) is 3.27. The van der Waals surface area contributed by atoms with Crippen LogP contribution in [-0.4, -0.2) is 62.6 Å². The highest BCUT2D eigenvalue weighted by Gasteiger charge is 2.52. The molecule has 3 heterocycles. The molecule has 0 bridgehead atoms. The second-order valence-corrected chi connectivity index (χ2v) is 9.34. The molecular formula is C25H31N3O2. The van der Waals surface area contributed by atoms with E-state index in [9.17, 15) is 4.79 Å². The fourth-order valence-corrected chi connectivity index (χ4v) is 5.86. The van der Waals surface area contributed by atoms with Crippen LogP contribution in [0, 0.1) is 17.3 Å². The van der Waals surface area contributed by atoms with E-state index in [2.05, 4.69) is 64.6 Å².